The van der Waals surface area contributed by atoms with Crippen LogP contribution in [0.2, 0.25) is 5.02 Å². The van der Waals surface area contributed by atoms with Crippen molar-refractivity contribution in [1.82, 2.24) is 14.8 Å². The first kappa shape index (κ1) is 16.3. The van der Waals surface area contributed by atoms with Crippen LogP contribution < -0.4 is 4.72 Å². The zero-order valence-corrected chi connectivity index (χ0v) is 14.8. The van der Waals surface area contributed by atoms with Crippen molar-refractivity contribution in [3.05, 3.63) is 33.3 Å². The molecule has 6 nitrogen and oxygen atoms in total. The summed E-state index contributed by atoms with van der Waals surface area (Å²) in [6.45, 7) is 5.88. The number of sulfonamides is 1. The molecule has 0 spiro atoms. The Morgan fingerprint density at radius 3 is 2.62 bits per heavy atom. The summed E-state index contributed by atoms with van der Waals surface area (Å²) in [4.78, 5) is 4.08. The van der Waals surface area contributed by atoms with E-state index in [0.717, 1.165) is 0 Å². The molecule has 0 saturated carbocycles. The highest BCUT2D eigenvalue weighted by Crippen LogP contribution is 2.31. The maximum absolute atomic E-state index is 12.6. The summed E-state index contributed by atoms with van der Waals surface area (Å²) in [6.07, 6.45) is 2.85. The number of pyridine rings is 1. The number of hydrogen-bond donors (Lipinski definition) is 1. The molecule has 0 aliphatic heterocycles. The van der Waals surface area contributed by atoms with Crippen molar-refractivity contribution in [3.63, 3.8) is 0 Å². The van der Waals surface area contributed by atoms with Crippen molar-refractivity contribution >= 4 is 43.2 Å². The van der Waals surface area contributed by atoms with Gasteiger partial charge in [-0.2, -0.15) is 5.10 Å². The Hall–Kier alpha value is -1.12. The van der Waals surface area contributed by atoms with Gasteiger partial charge in [0.1, 0.15) is 4.90 Å². The fourth-order valence-electron chi connectivity index (χ4n) is 2.06. The maximum atomic E-state index is 12.6. The second kappa shape index (κ2) is 5.94. The van der Waals surface area contributed by atoms with E-state index in [1.165, 1.54) is 12.4 Å². The number of rotatable bonds is 4. The molecule has 0 aliphatic rings. The number of aryl methyl sites for hydroxylation is 2. The second-order valence-corrected chi connectivity index (χ2v) is 7.26. The monoisotopic (exact) mass is 392 g/mol. The van der Waals surface area contributed by atoms with Crippen molar-refractivity contribution in [3.8, 4) is 0 Å². The van der Waals surface area contributed by atoms with E-state index >= 15 is 0 Å². The smallest absolute Gasteiger partial charge is 0.265 e. The number of nitrogens with zero attached hydrogens (tertiary/aromatic N) is 3. The molecule has 0 saturated heterocycles. The lowest BCUT2D eigenvalue weighted by molar-refractivity contribution is 0.598. The first-order valence-electron chi connectivity index (χ1n) is 6.13. The summed E-state index contributed by atoms with van der Waals surface area (Å²) in [5, 5.41) is 4.47. The van der Waals surface area contributed by atoms with Gasteiger partial charge in [-0.25, -0.2) is 8.42 Å². The van der Waals surface area contributed by atoms with Crippen LogP contribution in [0.1, 0.15) is 18.3 Å². The van der Waals surface area contributed by atoms with Crippen LogP contribution >= 0.6 is 27.5 Å². The Labute approximate surface area is 136 Å². The van der Waals surface area contributed by atoms with Crippen molar-refractivity contribution in [2.45, 2.75) is 32.2 Å². The lowest BCUT2D eigenvalue weighted by atomic mass is 10.4. The van der Waals surface area contributed by atoms with Gasteiger partial charge in [0.25, 0.3) is 10.0 Å². The molecule has 0 amide bonds. The van der Waals surface area contributed by atoms with E-state index in [1.54, 1.807) is 18.5 Å². The van der Waals surface area contributed by atoms with E-state index < -0.39 is 10.0 Å². The molecule has 1 N–H and O–H groups in total. The minimum atomic E-state index is -3.78. The van der Waals surface area contributed by atoms with Crippen LogP contribution in [0.15, 0.2) is 21.8 Å². The molecule has 0 radical (unpaired) electrons. The normalized spacial score (nSPS) is 11.7. The molecular weight excluding hydrogens is 380 g/mol. The van der Waals surface area contributed by atoms with Gasteiger partial charge in [-0.05, 0) is 36.7 Å². The Bertz CT molecular complexity index is 789. The predicted molar refractivity (Wildman–Crippen MR) is 85.1 cm³/mol. The molecule has 0 unspecified atom stereocenters. The Kier molecular flexibility index (Phi) is 4.60. The van der Waals surface area contributed by atoms with Crippen molar-refractivity contribution < 1.29 is 8.42 Å². The molecule has 21 heavy (non-hydrogen) atoms. The molecule has 2 heterocycles. The van der Waals surface area contributed by atoms with Gasteiger partial charge in [0.2, 0.25) is 0 Å². The molecule has 0 aliphatic carbocycles. The molecule has 9 heteroatoms. The van der Waals surface area contributed by atoms with Gasteiger partial charge in [-0.15, -0.1) is 0 Å². The average Bonchev–Trinajstić information content (AvgIpc) is 2.70. The highest BCUT2D eigenvalue weighted by atomic mass is 79.9. The fraction of sp³-hybridized carbons (Fsp3) is 0.333. The number of halogens is 2. The van der Waals surface area contributed by atoms with Gasteiger partial charge in [-0.1, -0.05) is 11.6 Å². The van der Waals surface area contributed by atoms with Crippen LogP contribution in [-0.2, 0) is 16.6 Å². The van der Waals surface area contributed by atoms with Crippen LogP contribution in [0.4, 0.5) is 5.69 Å². The highest BCUT2D eigenvalue weighted by Gasteiger charge is 2.25. The lowest BCUT2D eigenvalue weighted by Crippen LogP contribution is -2.15. The van der Waals surface area contributed by atoms with E-state index in [2.05, 4.69) is 30.7 Å². The van der Waals surface area contributed by atoms with Gasteiger partial charge in [-0.3, -0.25) is 14.4 Å². The molecule has 2 aromatic rings. The van der Waals surface area contributed by atoms with E-state index in [9.17, 15) is 8.42 Å². The molecule has 0 aromatic carbocycles. The first-order chi connectivity index (χ1) is 9.77. The van der Waals surface area contributed by atoms with E-state index in [4.69, 9.17) is 11.6 Å². The third-order valence-corrected chi connectivity index (χ3v) is 5.82. The topological polar surface area (TPSA) is 76.9 Å². The van der Waals surface area contributed by atoms with Crippen molar-refractivity contribution in [2.24, 2.45) is 0 Å². The molecule has 0 atom stereocenters. The third kappa shape index (κ3) is 3.07. The molecular formula is C12H14BrClN4O2S. The van der Waals surface area contributed by atoms with Gasteiger partial charge in [0, 0.05) is 12.7 Å². The molecule has 0 bridgehead atoms. The second-order valence-electron chi connectivity index (χ2n) is 4.40. The Balaban J connectivity index is 2.49. The van der Waals surface area contributed by atoms with Crippen LogP contribution in [0.3, 0.4) is 0 Å². The van der Waals surface area contributed by atoms with Gasteiger partial charge >= 0.3 is 0 Å². The average molecular weight is 394 g/mol. The summed E-state index contributed by atoms with van der Waals surface area (Å²) < 4.78 is 29.8. The summed E-state index contributed by atoms with van der Waals surface area (Å²) in [5.41, 5.74) is 1.25. The quantitative estimate of drug-likeness (QED) is 0.865. The number of nitrogens with one attached hydrogen (secondary N) is 1. The Morgan fingerprint density at radius 2 is 2.05 bits per heavy atom. The van der Waals surface area contributed by atoms with Gasteiger partial charge in [0.05, 0.1) is 32.8 Å². The number of hydrogen-bond acceptors (Lipinski definition) is 4. The summed E-state index contributed by atoms with van der Waals surface area (Å²) in [5.74, 6) is 0. The van der Waals surface area contributed by atoms with E-state index in [1.807, 2.05) is 6.92 Å². The van der Waals surface area contributed by atoms with Gasteiger partial charge < -0.3 is 0 Å². The van der Waals surface area contributed by atoms with E-state index in [0.29, 0.717) is 22.4 Å². The minimum Gasteiger partial charge on any atom is -0.276 e. The lowest BCUT2D eigenvalue weighted by Gasteiger charge is -2.10. The van der Waals surface area contributed by atoms with E-state index in [-0.39, 0.29) is 15.6 Å². The van der Waals surface area contributed by atoms with Crippen LogP contribution in [-0.4, -0.2) is 23.2 Å². The van der Waals surface area contributed by atoms with Crippen LogP contribution in [0.25, 0.3) is 0 Å². The van der Waals surface area contributed by atoms with Crippen molar-refractivity contribution in [2.75, 3.05) is 4.72 Å². The predicted octanol–water partition coefficient (Wildman–Crippen LogP) is 3.13. The Morgan fingerprint density at radius 1 is 1.38 bits per heavy atom. The number of anilines is 1. The fourth-order valence-corrected chi connectivity index (χ4v) is 4.07. The highest BCUT2D eigenvalue weighted by molar-refractivity contribution is 9.10. The van der Waals surface area contributed by atoms with Crippen molar-refractivity contribution in [1.29, 1.82) is 0 Å². The zero-order valence-electron chi connectivity index (χ0n) is 11.7. The number of aromatic nitrogens is 3. The molecule has 0 fully saturated rings. The third-order valence-electron chi connectivity index (χ3n) is 2.97. The van der Waals surface area contributed by atoms with Crippen LogP contribution in [0.5, 0.6) is 0 Å². The molecule has 114 valence electrons. The minimum absolute atomic E-state index is 0.167. The summed E-state index contributed by atoms with van der Waals surface area (Å²) in [6, 6.07) is 0. The summed E-state index contributed by atoms with van der Waals surface area (Å²) >= 11 is 9.27. The SMILES string of the molecule is CCn1nc(C)c(S(=O)(=O)Nc2cncc(Br)c2Cl)c1C. The van der Waals surface area contributed by atoms with Crippen LogP contribution in [0, 0.1) is 13.8 Å². The first-order valence-corrected chi connectivity index (χ1v) is 8.79. The summed E-state index contributed by atoms with van der Waals surface area (Å²) in [7, 11) is -3.78. The van der Waals surface area contributed by atoms with Gasteiger partial charge in [0.15, 0.2) is 0 Å². The molecule has 2 rings (SSSR count). The standard InChI is InChI=1S/C12H14BrClN4O2S/c1-4-18-8(3)12(7(2)16-18)21(19,20)17-10-6-15-5-9(13)11(10)14/h5-6,17H,4H2,1-3H3. The largest absolute Gasteiger partial charge is 0.276 e. The zero-order chi connectivity index (χ0) is 15.8. The molecule has 2 aromatic heterocycles. The maximum Gasteiger partial charge on any atom is 0.265 e.